The minimum Gasteiger partial charge on any atom is -0.481 e. The van der Waals surface area contributed by atoms with E-state index < -0.39 is 11.6 Å². The van der Waals surface area contributed by atoms with E-state index in [9.17, 15) is 24.6 Å². The smallest absolute Gasteiger partial charge is 0.304 e. The fourth-order valence-electron chi connectivity index (χ4n) is 8.94. The number of ketones is 1. The Hall–Kier alpha value is -3.00. The van der Waals surface area contributed by atoms with Crippen molar-refractivity contribution in [2.75, 3.05) is 13.2 Å². The first-order valence-corrected chi connectivity index (χ1v) is 15.1. The molecule has 1 aromatic rings. The summed E-state index contributed by atoms with van der Waals surface area (Å²) in [5.41, 5.74) is 1.68. The molecule has 1 aromatic carbocycles. The quantitative estimate of drug-likeness (QED) is 0.362. The highest BCUT2D eigenvalue weighted by atomic mass is 16.6. The summed E-state index contributed by atoms with van der Waals surface area (Å²) in [5, 5.41) is 27.7. The van der Waals surface area contributed by atoms with Gasteiger partial charge in [-0.2, -0.15) is 0 Å². The molecule has 5 rings (SSSR count). The van der Waals surface area contributed by atoms with Crippen molar-refractivity contribution in [2.24, 2.45) is 33.7 Å². The standard InChI is InChI=1S/C33H44N2O6/c1-21(36)33(40)16-13-28-26-10-9-24-18-25(11-14-31(24,2)27(26)12-15-32(28,33)3)35-41-20-29(37)34-19-23(17-30(38)39)22-7-5-4-6-8-22/h4-8,18,23,26-28,40H,9-17,19-20H2,1-3H3,(H,34,37)(H,38,39)/t23-,26+,27+,28+,31-,32-,33+/m0/s1. The molecule has 0 aliphatic heterocycles. The van der Waals surface area contributed by atoms with Crippen LogP contribution in [0.1, 0.15) is 90.0 Å². The third-order valence-corrected chi connectivity index (χ3v) is 11.3. The van der Waals surface area contributed by atoms with E-state index in [0.717, 1.165) is 56.2 Å². The Balaban J connectivity index is 1.18. The zero-order chi connectivity index (χ0) is 29.4. The molecule has 0 radical (unpaired) electrons. The van der Waals surface area contributed by atoms with Gasteiger partial charge in [-0.3, -0.25) is 14.4 Å². The maximum Gasteiger partial charge on any atom is 0.304 e. The van der Waals surface area contributed by atoms with Crippen LogP contribution in [0.5, 0.6) is 0 Å². The highest BCUT2D eigenvalue weighted by Gasteiger charge is 2.65. The molecule has 0 aromatic heterocycles. The number of carboxylic acid groups (broad SMARTS) is 1. The first kappa shape index (κ1) is 29.5. The summed E-state index contributed by atoms with van der Waals surface area (Å²) >= 11 is 0. The van der Waals surface area contributed by atoms with Gasteiger partial charge in [0.1, 0.15) is 5.60 Å². The topological polar surface area (TPSA) is 125 Å². The molecule has 3 N–H and O–H groups in total. The Kier molecular flexibility index (Phi) is 8.16. The molecule has 8 nitrogen and oxygen atoms in total. The van der Waals surface area contributed by atoms with Crippen LogP contribution < -0.4 is 5.32 Å². The van der Waals surface area contributed by atoms with Gasteiger partial charge in [0.25, 0.3) is 5.91 Å². The molecule has 4 aliphatic carbocycles. The van der Waals surface area contributed by atoms with Gasteiger partial charge in [-0.05, 0) is 93.1 Å². The van der Waals surface area contributed by atoms with Crippen LogP contribution in [0.15, 0.2) is 47.1 Å². The molecule has 0 spiro atoms. The van der Waals surface area contributed by atoms with Crippen LogP contribution in [0.4, 0.5) is 0 Å². The van der Waals surface area contributed by atoms with Gasteiger partial charge in [0, 0.05) is 17.9 Å². The Morgan fingerprint density at radius 3 is 2.49 bits per heavy atom. The van der Waals surface area contributed by atoms with Crippen LogP contribution in [-0.4, -0.2) is 52.3 Å². The van der Waals surface area contributed by atoms with Gasteiger partial charge in [-0.1, -0.05) is 54.9 Å². The Bertz CT molecular complexity index is 1240. The molecule has 4 aliphatic rings. The zero-order valence-electron chi connectivity index (χ0n) is 24.5. The fourth-order valence-corrected chi connectivity index (χ4v) is 8.94. The van der Waals surface area contributed by atoms with E-state index in [2.05, 4.69) is 30.4 Å². The maximum absolute atomic E-state index is 12.5. The number of Topliss-reactive ketones (excluding diaryl/α,β-unsaturated/α-hetero) is 1. The van der Waals surface area contributed by atoms with Crippen LogP contribution in [0, 0.1) is 28.6 Å². The van der Waals surface area contributed by atoms with Crippen LogP contribution in [-0.2, 0) is 19.2 Å². The molecule has 0 bridgehead atoms. The highest BCUT2D eigenvalue weighted by molar-refractivity contribution is 5.96. The molecule has 0 saturated heterocycles. The second-order valence-electron chi connectivity index (χ2n) is 13.3. The van der Waals surface area contributed by atoms with Crippen LogP contribution in [0.3, 0.4) is 0 Å². The number of aliphatic carboxylic acids is 1. The number of carboxylic acids is 1. The summed E-state index contributed by atoms with van der Waals surface area (Å²) < 4.78 is 0. The van der Waals surface area contributed by atoms with Crippen molar-refractivity contribution in [2.45, 2.75) is 90.1 Å². The van der Waals surface area contributed by atoms with Gasteiger partial charge >= 0.3 is 5.97 Å². The van der Waals surface area contributed by atoms with E-state index in [4.69, 9.17) is 4.84 Å². The number of nitrogens with one attached hydrogen (secondary N) is 1. The van der Waals surface area contributed by atoms with Crippen molar-refractivity contribution in [1.82, 2.24) is 5.32 Å². The molecule has 0 heterocycles. The number of oxime groups is 1. The van der Waals surface area contributed by atoms with E-state index in [1.807, 2.05) is 30.3 Å². The van der Waals surface area contributed by atoms with Gasteiger partial charge in [-0.25, -0.2) is 0 Å². The average molecular weight is 565 g/mol. The van der Waals surface area contributed by atoms with Gasteiger partial charge in [0.15, 0.2) is 12.4 Å². The second-order valence-corrected chi connectivity index (χ2v) is 13.3. The Labute approximate surface area is 242 Å². The molecular formula is C33H44N2O6. The van der Waals surface area contributed by atoms with Crippen molar-refractivity contribution in [1.29, 1.82) is 0 Å². The highest BCUT2D eigenvalue weighted by Crippen LogP contribution is 2.67. The number of aliphatic hydroxyl groups is 1. The van der Waals surface area contributed by atoms with Crippen molar-refractivity contribution in [3.63, 3.8) is 0 Å². The number of hydrogen-bond donors (Lipinski definition) is 3. The van der Waals surface area contributed by atoms with Crippen molar-refractivity contribution in [3.05, 3.63) is 47.5 Å². The molecule has 8 heteroatoms. The second kappa shape index (κ2) is 11.3. The lowest BCUT2D eigenvalue weighted by molar-refractivity contribution is -0.159. The molecule has 0 unspecified atom stereocenters. The van der Waals surface area contributed by atoms with Crippen molar-refractivity contribution in [3.8, 4) is 0 Å². The van der Waals surface area contributed by atoms with Gasteiger partial charge < -0.3 is 20.4 Å². The van der Waals surface area contributed by atoms with E-state index in [-0.39, 0.29) is 48.0 Å². The zero-order valence-corrected chi connectivity index (χ0v) is 24.5. The third kappa shape index (κ3) is 5.36. The molecule has 7 atom stereocenters. The van der Waals surface area contributed by atoms with Gasteiger partial charge in [-0.15, -0.1) is 0 Å². The first-order valence-electron chi connectivity index (χ1n) is 15.1. The van der Waals surface area contributed by atoms with Gasteiger partial charge in [0.05, 0.1) is 12.1 Å². The molecule has 3 fully saturated rings. The largest absolute Gasteiger partial charge is 0.481 e. The van der Waals surface area contributed by atoms with Crippen molar-refractivity contribution < 1.29 is 29.4 Å². The first-order chi connectivity index (χ1) is 19.5. The SMILES string of the molecule is CC(=O)[C@]1(O)CC[C@@H]2[C@@H]3CCC4=CC(=NOCC(=O)NC[C@H](CC(=O)O)c5ccccc5)CC[C@]4(C)[C@@H]3CC[C@@]21C. The van der Waals surface area contributed by atoms with E-state index in [0.29, 0.717) is 24.2 Å². The number of amides is 1. The molecular weight excluding hydrogens is 520 g/mol. The molecule has 41 heavy (non-hydrogen) atoms. The predicted molar refractivity (Wildman–Crippen MR) is 155 cm³/mol. The Morgan fingerprint density at radius 2 is 1.78 bits per heavy atom. The average Bonchev–Trinajstić information content (AvgIpc) is 3.23. The summed E-state index contributed by atoms with van der Waals surface area (Å²) in [6, 6.07) is 9.32. The normalized spacial score (nSPS) is 35.9. The monoisotopic (exact) mass is 564 g/mol. The van der Waals surface area contributed by atoms with Crippen LogP contribution in [0.2, 0.25) is 0 Å². The van der Waals surface area contributed by atoms with Crippen molar-refractivity contribution >= 4 is 23.4 Å². The van der Waals surface area contributed by atoms with Crippen LogP contribution >= 0.6 is 0 Å². The maximum atomic E-state index is 12.5. The number of carbonyl (C=O) groups excluding carboxylic acids is 2. The number of benzene rings is 1. The number of hydrogen-bond acceptors (Lipinski definition) is 6. The Morgan fingerprint density at radius 1 is 1.05 bits per heavy atom. The van der Waals surface area contributed by atoms with Gasteiger partial charge in [0.2, 0.25) is 0 Å². The lowest BCUT2D eigenvalue weighted by atomic mass is 9.46. The van der Waals surface area contributed by atoms with E-state index in [1.165, 1.54) is 5.57 Å². The van der Waals surface area contributed by atoms with Crippen LogP contribution in [0.25, 0.3) is 0 Å². The number of carbonyl (C=O) groups is 3. The third-order valence-electron chi connectivity index (χ3n) is 11.3. The molecule has 222 valence electrons. The molecule has 1 amide bonds. The minimum absolute atomic E-state index is 0.0702. The number of allylic oxidation sites excluding steroid dienone is 2. The molecule has 3 saturated carbocycles. The van der Waals surface area contributed by atoms with E-state index in [1.54, 1.807) is 6.92 Å². The summed E-state index contributed by atoms with van der Waals surface area (Å²) in [4.78, 5) is 41.7. The van der Waals surface area contributed by atoms with E-state index >= 15 is 0 Å². The fraction of sp³-hybridized carbons (Fsp3) is 0.636. The number of rotatable bonds is 9. The minimum atomic E-state index is -1.19. The lowest BCUT2D eigenvalue weighted by Gasteiger charge is -2.59. The number of nitrogens with zero attached hydrogens (tertiary/aromatic N) is 1. The number of fused-ring (bicyclic) bond motifs is 5. The summed E-state index contributed by atoms with van der Waals surface area (Å²) in [6.07, 6.45) is 9.31. The summed E-state index contributed by atoms with van der Waals surface area (Å²) in [6.45, 7) is 6.09. The predicted octanol–water partition coefficient (Wildman–Crippen LogP) is 5.02. The summed E-state index contributed by atoms with van der Waals surface area (Å²) in [7, 11) is 0. The summed E-state index contributed by atoms with van der Waals surface area (Å²) in [5.74, 6) is -0.213. The lowest BCUT2D eigenvalue weighted by Crippen LogP contribution is -2.57.